The van der Waals surface area contributed by atoms with Crippen molar-refractivity contribution in [3.05, 3.63) is 29.8 Å². The highest BCUT2D eigenvalue weighted by Crippen LogP contribution is 2.73. The standard InChI is InChI=1S/C14H14F3NO2/c1-20-10-5-3-2-4-9(10)11(19)18-13-6-12(7-13,8-13)14(15,16)17/h2-5H,6-8H2,1H3,(H,18,19). The van der Waals surface area contributed by atoms with E-state index in [4.69, 9.17) is 4.74 Å². The van der Waals surface area contributed by atoms with Gasteiger partial charge < -0.3 is 10.1 Å². The number of hydrogen-bond donors (Lipinski definition) is 1. The van der Waals surface area contributed by atoms with E-state index in [0.717, 1.165) is 0 Å². The molecule has 3 fully saturated rings. The fourth-order valence-corrected chi connectivity index (χ4v) is 3.36. The molecule has 20 heavy (non-hydrogen) atoms. The third-order valence-corrected chi connectivity index (χ3v) is 4.36. The lowest BCUT2D eigenvalue weighted by Crippen LogP contribution is -2.78. The van der Waals surface area contributed by atoms with Crippen molar-refractivity contribution in [3.8, 4) is 5.75 Å². The Kier molecular flexibility index (Phi) is 2.59. The van der Waals surface area contributed by atoms with Crippen LogP contribution in [-0.4, -0.2) is 24.7 Å². The van der Waals surface area contributed by atoms with Crippen LogP contribution in [0.15, 0.2) is 24.3 Å². The van der Waals surface area contributed by atoms with Crippen LogP contribution in [-0.2, 0) is 0 Å². The number of ether oxygens (including phenoxy) is 1. The van der Waals surface area contributed by atoms with Crippen molar-refractivity contribution in [2.75, 3.05) is 7.11 Å². The van der Waals surface area contributed by atoms with Crippen LogP contribution in [0.25, 0.3) is 0 Å². The molecule has 108 valence electrons. The number of methoxy groups -OCH3 is 1. The normalized spacial score (nSPS) is 31.0. The number of amides is 1. The summed E-state index contributed by atoms with van der Waals surface area (Å²) in [5, 5.41) is 2.73. The zero-order valence-corrected chi connectivity index (χ0v) is 10.9. The van der Waals surface area contributed by atoms with Gasteiger partial charge in [-0.2, -0.15) is 13.2 Å². The van der Waals surface area contributed by atoms with Gasteiger partial charge in [-0.25, -0.2) is 0 Å². The highest BCUT2D eigenvalue weighted by atomic mass is 19.4. The molecule has 1 amide bonds. The molecule has 0 atom stereocenters. The average molecular weight is 285 g/mol. The number of benzene rings is 1. The molecule has 2 bridgehead atoms. The van der Waals surface area contributed by atoms with Gasteiger partial charge in [0.15, 0.2) is 0 Å². The van der Waals surface area contributed by atoms with Crippen molar-refractivity contribution in [2.24, 2.45) is 5.41 Å². The Balaban J connectivity index is 1.68. The highest BCUT2D eigenvalue weighted by molar-refractivity contribution is 5.97. The van der Waals surface area contributed by atoms with Gasteiger partial charge >= 0.3 is 6.18 Å². The molecule has 0 heterocycles. The Bertz CT molecular complexity index is 548. The minimum absolute atomic E-state index is 0.00953. The molecule has 3 aliphatic rings. The van der Waals surface area contributed by atoms with E-state index in [2.05, 4.69) is 5.32 Å². The number of carbonyl (C=O) groups is 1. The number of carbonyl (C=O) groups excluding carboxylic acids is 1. The third-order valence-electron chi connectivity index (χ3n) is 4.36. The number of hydrogen-bond acceptors (Lipinski definition) is 2. The lowest BCUT2D eigenvalue weighted by molar-refractivity contribution is -0.336. The predicted molar refractivity (Wildman–Crippen MR) is 65.5 cm³/mol. The zero-order valence-electron chi connectivity index (χ0n) is 10.9. The lowest BCUT2D eigenvalue weighted by Gasteiger charge is -2.70. The second-order valence-corrected chi connectivity index (χ2v) is 5.74. The van der Waals surface area contributed by atoms with E-state index in [9.17, 15) is 18.0 Å². The van der Waals surface area contributed by atoms with Crippen molar-refractivity contribution in [2.45, 2.75) is 31.0 Å². The second kappa shape index (κ2) is 3.90. The van der Waals surface area contributed by atoms with Crippen LogP contribution in [0.4, 0.5) is 13.2 Å². The van der Waals surface area contributed by atoms with E-state index in [0.29, 0.717) is 11.3 Å². The van der Waals surface area contributed by atoms with Crippen molar-refractivity contribution < 1.29 is 22.7 Å². The Morgan fingerprint density at radius 1 is 1.25 bits per heavy atom. The van der Waals surface area contributed by atoms with Gasteiger partial charge in [-0.1, -0.05) is 12.1 Å². The topological polar surface area (TPSA) is 38.3 Å². The minimum atomic E-state index is -4.16. The molecule has 0 unspecified atom stereocenters. The van der Waals surface area contributed by atoms with Gasteiger partial charge in [-0.05, 0) is 31.4 Å². The van der Waals surface area contributed by atoms with E-state index in [1.54, 1.807) is 24.3 Å². The van der Waals surface area contributed by atoms with E-state index in [1.807, 2.05) is 0 Å². The highest BCUT2D eigenvalue weighted by Gasteiger charge is 2.79. The Morgan fingerprint density at radius 3 is 2.40 bits per heavy atom. The van der Waals surface area contributed by atoms with Crippen molar-refractivity contribution in [1.82, 2.24) is 5.32 Å². The lowest BCUT2D eigenvalue weighted by atomic mass is 9.39. The molecule has 0 spiro atoms. The number of para-hydroxylation sites is 1. The van der Waals surface area contributed by atoms with Crippen LogP contribution in [0, 0.1) is 5.41 Å². The summed E-state index contributed by atoms with van der Waals surface area (Å²) >= 11 is 0. The summed E-state index contributed by atoms with van der Waals surface area (Å²) in [7, 11) is 1.45. The largest absolute Gasteiger partial charge is 0.496 e. The summed E-state index contributed by atoms with van der Waals surface area (Å²) in [5.74, 6) is 0.0417. The van der Waals surface area contributed by atoms with Crippen LogP contribution in [0.3, 0.4) is 0 Å². The fraction of sp³-hybridized carbons (Fsp3) is 0.500. The average Bonchev–Trinajstić information content (AvgIpc) is 2.29. The Labute approximate surface area is 114 Å². The maximum atomic E-state index is 12.7. The van der Waals surface area contributed by atoms with Crippen molar-refractivity contribution in [1.29, 1.82) is 0 Å². The first-order chi connectivity index (χ1) is 9.31. The zero-order chi connectivity index (χ0) is 14.6. The van der Waals surface area contributed by atoms with Gasteiger partial charge in [0.1, 0.15) is 5.75 Å². The van der Waals surface area contributed by atoms with Crippen molar-refractivity contribution >= 4 is 5.91 Å². The van der Waals surface area contributed by atoms with Crippen LogP contribution >= 0.6 is 0 Å². The van der Waals surface area contributed by atoms with E-state index in [-0.39, 0.29) is 25.2 Å². The summed E-state index contributed by atoms with van der Waals surface area (Å²) < 4.78 is 43.3. The van der Waals surface area contributed by atoms with Crippen molar-refractivity contribution in [3.63, 3.8) is 0 Å². The first-order valence-corrected chi connectivity index (χ1v) is 6.33. The van der Waals surface area contributed by atoms with Gasteiger partial charge in [0, 0.05) is 5.54 Å². The van der Waals surface area contributed by atoms with Gasteiger partial charge in [0.05, 0.1) is 18.1 Å². The third kappa shape index (κ3) is 1.70. The number of alkyl halides is 3. The number of rotatable bonds is 3. The Morgan fingerprint density at radius 2 is 1.85 bits per heavy atom. The maximum absolute atomic E-state index is 12.7. The predicted octanol–water partition coefficient (Wildman–Crippen LogP) is 2.91. The molecule has 6 heteroatoms. The molecule has 1 aromatic rings. The summed E-state index contributed by atoms with van der Waals surface area (Å²) in [6, 6.07) is 6.67. The number of nitrogens with one attached hydrogen (secondary N) is 1. The van der Waals surface area contributed by atoms with Gasteiger partial charge in [0.2, 0.25) is 0 Å². The first kappa shape index (κ1) is 13.3. The molecule has 3 nitrogen and oxygen atoms in total. The Hall–Kier alpha value is -1.72. The molecular weight excluding hydrogens is 271 g/mol. The fourth-order valence-electron chi connectivity index (χ4n) is 3.36. The van der Waals surface area contributed by atoms with Gasteiger partial charge in [-0.15, -0.1) is 0 Å². The van der Waals surface area contributed by atoms with E-state index < -0.39 is 17.1 Å². The van der Waals surface area contributed by atoms with E-state index >= 15 is 0 Å². The molecular formula is C14H14F3NO2. The summed E-state index contributed by atoms with van der Waals surface area (Å²) in [6.07, 6.45) is -4.19. The molecule has 0 saturated heterocycles. The molecule has 4 rings (SSSR count). The van der Waals surface area contributed by atoms with E-state index in [1.165, 1.54) is 7.11 Å². The van der Waals surface area contributed by atoms with Crippen LogP contribution in [0.1, 0.15) is 29.6 Å². The second-order valence-electron chi connectivity index (χ2n) is 5.74. The first-order valence-electron chi connectivity index (χ1n) is 6.33. The quantitative estimate of drug-likeness (QED) is 0.927. The van der Waals surface area contributed by atoms with Crippen LogP contribution in [0.2, 0.25) is 0 Å². The smallest absolute Gasteiger partial charge is 0.394 e. The molecule has 0 radical (unpaired) electrons. The molecule has 1 N–H and O–H groups in total. The van der Waals surface area contributed by atoms with Gasteiger partial charge in [-0.3, -0.25) is 4.79 Å². The maximum Gasteiger partial charge on any atom is 0.394 e. The summed E-state index contributed by atoms with van der Waals surface area (Å²) in [6.45, 7) is 0. The summed E-state index contributed by atoms with van der Waals surface area (Å²) in [4.78, 5) is 12.1. The molecule has 3 aliphatic carbocycles. The minimum Gasteiger partial charge on any atom is -0.496 e. The molecule has 0 aromatic heterocycles. The SMILES string of the molecule is COc1ccccc1C(=O)NC12CC(C(F)(F)F)(C1)C2. The molecule has 3 saturated carbocycles. The molecule has 0 aliphatic heterocycles. The van der Waals surface area contributed by atoms with Gasteiger partial charge in [0.25, 0.3) is 5.91 Å². The summed E-state index contributed by atoms with van der Waals surface area (Å²) in [5.41, 5.74) is -1.88. The monoisotopic (exact) mass is 285 g/mol. The van der Waals surface area contributed by atoms with Crippen LogP contribution < -0.4 is 10.1 Å². The number of halogens is 3. The molecule has 1 aromatic carbocycles. The van der Waals surface area contributed by atoms with Crippen LogP contribution in [0.5, 0.6) is 5.75 Å².